The number of nitrogens with one attached hydrogen (secondary N) is 1. The zero-order valence-electron chi connectivity index (χ0n) is 17.4. The third-order valence-electron chi connectivity index (χ3n) is 6.26. The molecule has 1 aromatic carbocycles. The highest BCUT2D eigenvalue weighted by Gasteiger charge is 2.28. The van der Waals surface area contributed by atoms with E-state index in [-0.39, 0.29) is 17.7 Å². The van der Waals surface area contributed by atoms with Gasteiger partial charge in [0.1, 0.15) is 12.1 Å². The molecule has 2 aliphatic rings. The van der Waals surface area contributed by atoms with Crippen molar-refractivity contribution >= 4 is 17.5 Å². The van der Waals surface area contributed by atoms with E-state index in [1.807, 2.05) is 24.3 Å². The molecule has 7 nitrogen and oxygen atoms in total. The fourth-order valence-electron chi connectivity index (χ4n) is 4.47. The molecule has 5 rings (SSSR count). The van der Waals surface area contributed by atoms with E-state index in [0.29, 0.717) is 31.5 Å². The van der Waals surface area contributed by atoms with E-state index in [9.17, 15) is 9.59 Å². The number of imidazole rings is 1. The Morgan fingerprint density at radius 3 is 2.74 bits per heavy atom. The van der Waals surface area contributed by atoms with Gasteiger partial charge in [0.25, 0.3) is 5.91 Å². The number of aryl methyl sites for hydroxylation is 2. The number of likely N-dealkylation sites (tertiary alicyclic amines) is 1. The Balaban J connectivity index is 1.21. The molecule has 160 valence electrons. The predicted molar refractivity (Wildman–Crippen MR) is 117 cm³/mol. The first-order valence-electron chi connectivity index (χ1n) is 11.0. The topological polar surface area (TPSA) is 80.4 Å². The molecule has 0 bridgehead atoms. The van der Waals surface area contributed by atoms with E-state index in [4.69, 9.17) is 9.40 Å². The maximum Gasteiger partial charge on any atom is 0.257 e. The zero-order valence-corrected chi connectivity index (χ0v) is 17.4. The maximum atomic E-state index is 12.8. The van der Waals surface area contributed by atoms with Gasteiger partial charge in [0, 0.05) is 49.4 Å². The highest BCUT2D eigenvalue weighted by molar-refractivity contribution is 5.95. The van der Waals surface area contributed by atoms with Gasteiger partial charge in [-0.2, -0.15) is 0 Å². The lowest BCUT2D eigenvalue weighted by molar-refractivity contribution is -0.121. The molecule has 0 spiro atoms. The van der Waals surface area contributed by atoms with E-state index in [0.717, 1.165) is 35.7 Å². The molecule has 2 aromatic heterocycles. The van der Waals surface area contributed by atoms with Crippen molar-refractivity contribution in [3.05, 3.63) is 60.4 Å². The summed E-state index contributed by atoms with van der Waals surface area (Å²) in [5.74, 6) is 1.02. The van der Waals surface area contributed by atoms with Crippen LogP contribution < -0.4 is 5.32 Å². The minimum absolute atomic E-state index is 0.0108. The monoisotopic (exact) mass is 418 g/mol. The number of rotatable bonds is 4. The van der Waals surface area contributed by atoms with Crippen molar-refractivity contribution in [3.8, 4) is 11.3 Å². The van der Waals surface area contributed by atoms with Crippen LogP contribution in [-0.4, -0.2) is 39.4 Å². The van der Waals surface area contributed by atoms with Gasteiger partial charge in [-0.3, -0.25) is 9.59 Å². The first-order chi connectivity index (χ1) is 15.2. The van der Waals surface area contributed by atoms with Gasteiger partial charge in [0.05, 0.1) is 17.5 Å². The standard InChI is InChI=1S/C24H26N4O3/c29-23(17-7-11-27(12-8-17)24(30)19-9-13-31-16-19)25-20-5-3-4-18(14-20)21-15-28-10-2-1-6-22(28)26-21/h3-5,9,13-17H,1-2,6-8,10-12H2,(H,25,29). The van der Waals surface area contributed by atoms with Gasteiger partial charge in [-0.1, -0.05) is 12.1 Å². The molecule has 0 saturated carbocycles. The van der Waals surface area contributed by atoms with E-state index >= 15 is 0 Å². The number of carbonyl (C=O) groups excluding carboxylic acids is 2. The van der Waals surface area contributed by atoms with Crippen molar-refractivity contribution in [2.45, 2.75) is 38.6 Å². The summed E-state index contributed by atoms with van der Waals surface area (Å²) in [7, 11) is 0. The number of amides is 2. The molecular formula is C24H26N4O3. The third-order valence-corrected chi connectivity index (χ3v) is 6.26. The summed E-state index contributed by atoms with van der Waals surface area (Å²) in [5, 5.41) is 3.06. The number of fused-ring (bicyclic) bond motifs is 1. The number of hydrogen-bond donors (Lipinski definition) is 1. The lowest BCUT2D eigenvalue weighted by Gasteiger charge is -2.31. The van der Waals surface area contributed by atoms with Gasteiger partial charge < -0.3 is 19.2 Å². The Kier molecular flexibility index (Phi) is 5.32. The van der Waals surface area contributed by atoms with Crippen LogP contribution in [0.15, 0.2) is 53.5 Å². The number of hydrogen-bond acceptors (Lipinski definition) is 4. The molecule has 7 heteroatoms. The predicted octanol–water partition coefficient (Wildman–Crippen LogP) is 3.97. The van der Waals surface area contributed by atoms with Crippen LogP contribution in [0.5, 0.6) is 0 Å². The molecule has 1 saturated heterocycles. The summed E-state index contributed by atoms with van der Waals surface area (Å²) in [4.78, 5) is 31.8. The SMILES string of the molecule is O=C(Nc1cccc(-c2cn3c(n2)CCCC3)c1)C1CCN(C(=O)c2ccoc2)CC1. The number of aromatic nitrogens is 2. The third kappa shape index (κ3) is 4.13. The molecule has 0 radical (unpaired) electrons. The molecule has 0 unspecified atom stereocenters. The molecule has 31 heavy (non-hydrogen) atoms. The Morgan fingerprint density at radius 1 is 1.10 bits per heavy atom. The second-order valence-electron chi connectivity index (χ2n) is 8.34. The normalized spacial score (nSPS) is 16.7. The Bertz CT molecular complexity index is 1050. The quantitative estimate of drug-likeness (QED) is 0.695. The number of benzene rings is 1. The van der Waals surface area contributed by atoms with Gasteiger partial charge in [-0.25, -0.2) is 4.98 Å². The Morgan fingerprint density at radius 2 is 1.97 bits per heavy atom. The second-order valence-corrected chi connectivity index (χ2v) is 8.34. The summed E-state index contributed by atoms with van der Waals surface area (Å²) in [6.45, 7) is 2.17. The molecule has 2 amide bonds. The summed E-state index contributed by atoms with van der Waals surface area (Å²) in [6, 6.07) is 9.56. The Hall–Kier alpha value is -3.35. The van der Waals surface area contributed by atoms with Crippen molar-refractivity contribution in [3.63, 3.8) is 0 Å². The zero-order chi connectivity index (χ0) is 21.2. The van der Waals surface area contributed by atoms with E-state index < -0.39 is 0 Å². The minimum Gasteiger partial charge on any atom is -0.472 e. The number of piperidine rings is 1. The van der Waals surface area contributed by atoms with Gasteiger partial charge in [0.2, 0.25) is 5.91 Å². The van der Waals surface area contributed by atoms with Crippen molar-refractivity contribution in [2.24, 2.45) is 5.92 Å². The fraction of sp³-hybridized carbons (Fsp3) is 0.375. The van der Waals surface area contributed by atoms with Crippen molar-refractivity contribution in [1.82, 2.24) is 14.5 Å². The van der Waals surface area contributed by atoms with Crippen LogP contribution in [0.1, 0.15) is 41.9 Å². The molecular weight excluding hydrogens is 392 g/mol. The van der Waals surface area contributed by atoms with Crippen molar-refractivity contribution in [1.29, 1.82) is 0 Å². The average molecular weight is 418 g/mol. The number of carbonyl (C=O) groups is 2. The summed E-state index contributed by atoms with van der Waals surface area (Å²) in [6.07, 6.45) is 9.81. The van der Waals surface area contributed by atoms with Crippen LogP contribution >= 0.6 is 0 Å². The molecule has 0 aliphatic carbocycles. The summed E-state index contributed by atoms with van der Waals surface area (Å²) >= 11 is 0. The number of nitrogens with zero attached hydrogens (tertiary/aromatic N) is 3. The van der Waals surface area contributed by atoms with Gasteiger partial charge >= 0.3 is 0 Å². The molecule has 2 aliphatic heterocycles. The highest BCUT2D eigenvalue weighted by atomic mass is 16.3. The van der Waals surface area contributed by atoms with Crippen LogP contribution in [-0.2, 0) is 17.8 Å². The highest BCUT2D eigenvalue weighted by Crippen LogP contribution is 2.26. The number of anilines is 1. The largest absolute Gasteiger partial charge is 0.472 e. The summed E-state index contributed by atoms with van der Waals surface area (Å²) < 4.78 is 7.24. The fourth-order valence-corrected chi connectivity index (χ4v) is 4.47. The van der Waals surface area contributed by atoms with E-state index in [1.54, 1.807) is 11.0 Å². The smallest absolute Gasteiger partial charge is 0.257 e. The van der Waals surface area contributed by atoms with Crippen molar-refractivity contribution in [2.75, 3.05) is 18.4 Å². The van der Waals surface area contributed by atoms with Crippen LogP contribution in [0.25, 0.3) is 11.3 Å². The lowest BCUT2D eigenvalue weighted by Crippen LogP contribution is -2.41. The minimum atomic E-state index is -0.100. The lowest BCUT2D eigenvalue weighted by atomic mass is 9.95. The number of furan rings is 1. The van der Waals surface area contributed by atoms with Crippen LogP contribution in [0.2, 0.25) is 0 Å². The molecule has 0 atom stereocenters. The van der Waals surface area contributed by atoms with Gasteiger partial charge in [0.15, 0.2) is 0 Å². The summed E-state index contributed by atoms with van der Waals surface area (Å²) in [5.41, 5.74) is 3.31. The van der Waals surface area contributed by atoms with Gasteiger partial charge in [-0.05, 0) is 43.9 Å². The first-order valence-corrected chi connectivity index (χ1v) is 11.0. The Labute approximate surface area is 181 Å². The van der Waals surface area contributed by atoms with Crippen LogP contribution in [0.4, 0.5) is 5.69 Å². The average Bonchev–Trinajstić information content (AvgIpc) is 3.49. The second kappa shape index (κ2) is 8.41. The van der Waals surface area contributed by atoms with Crippen molar-refractivity contribution < 1.29 is 14.0 Å². The first kappa shape index (κ1) is 19.6. The molecule has 3 aromatic rings. The molecule has 1 N–H and O–H groups in total. The van der Waals surface area contributed by atoms with Crippen LogP contribution in [0, 0.1) is 5.92 Å². The van der Waals surface area contributed by atoms with Crippen LogP contribution in [0.3, 0.4) is 0 Å². The molecule has 4 heterocycles. The maximum absolute atomic E-state index is 12.8. The van der Waals surface area contributed by atoms with Gasteiger partial charge in [-0.15, -0.1) is 0 Å². The molecule has 1 fully saturated rings. The van der Waals surface area contributed by atoms with E-state index in [1.165, 1.54) is 25.4 Å². The van der Waals surface area contributed by atoms with E-state index in [2.05, 4.69) is 16.1 Å².